The van der Waals surface area contributed by atoms with Crippen molar-refractivity contribution >= 4 is 17.5 Å². The van der Waals surface area contributed by atoms with E-state index in [4.69, 9.17) is 5.73 Å². The molecule has 0 fully saturated rings. The van der Waals surface area contributed by atoms with Crippen LogP contribution in [0.2, 0.25) is 0 Å². The van der Waals surface area contributed by atoms with Gasteiger partial charge in [0.2, 0.25) is 11.8 Å². The summed E-state index contributed by atoms with van der Waals surface area (Å²) in [6.07, 6.45) is 0.257. The number of nitrogens with zero attached hydrogens (tertiary/aromatic N) is 4. The normalized spacial score (nSPS) is 11.8. The van der Waals surface area contributed by atoms with Crippen molar-refractivity contribution < 1.29 is 14.0 Å². The van der Waals surface area contributed by atoms with Gasteiger partial charge in [0, 0.05) is 17.7 Å². The van der Waals surface area contributed by atoms with Crippen LogP contribution in [0.1, 0.15) is 27.8 Å². The fourth-order valence-corrected chi connectivity index (χ4v) is 2.64. The number of carbonyl (C=O) groups is 2. The van der Waals surface area contributed by atoms with Crippen LogP contribution in [0.25, 0.3) is 0 Å². The van der Waals surface area contributed by atoms with Crippen molar-refractivity contribution in [1.29, 1.82) is 0 Å². The van der Waals surface area contributed by atoms with Crippen molar-refractivity contribution in [1.82, 2.24) is 20.2 Å². The highest BCUT2D eigenvalue weighted by Gasteiger charge is 2.24. The lowest BCUT2D eigenvalue weighted by Gasteiger charge is -2.18. The van der Waals surface area contributed by atoms with Gasteiger partial charge in [-0.15, -0.1) is 5.10 Å². The number of rotatable bonds is 6. The lowest BCUT2D eigenvalue weighted by molar-refractivity contribution is -0.119. The van der Waals surface area contributed by atoms with E-state index in [1.807, 2.05) is 0 Å². The number of nitrogens with one attached hydrogen (secondary N) is 1. The Bertz CT molecular complexity index is 970. The molecule has 1 unspecified atom stereocenters. The zero-order valence-electron chi connectivity index (χ0n) is 14.5. The number of aryl methyl sites for hydroxylation is 1. The lowest BCUT2D eigenvalue weighted by Crippen LogP contribution is -2.29. The Morgan fingerprint density at radius 2 is 1.96 bits per heavy atom. The Labute approximate surface area is 154 Å². The van der Waals surface area contributed by atoms with Crippen LogP contribution in [-0.2, 0) is 11.2 Å². The van der Waals surface area contributed by atoms with Crippen molar-refractivity contribution in [3.05, 3.63) is 71.3 Å². The number of hydrogen-bond acceptors (Lipinski definition) is 5. The molecule has 138 valence electrons. The second-order valence-corrected chi connectivity index (χ2v) is 5.95. The summed E-state index contributed by atoms with van der Waals surface area (Å²) in [5.74, 6) is -0.869. The van der Waals surface area contributed by atoms with Crippen LogP contribution < -0.4 is 11.1 Å². The van der Waals surface area contributed by atoms with Gasteiger partial charge in [0.05, 0.1) is 0 Å². The number of hydrogen-bond donors (Lipinski definition) is 2. The first kappa shape index (κ1) is 18.2. The van der Waals surface area contributed by atoms with E-state index in [0.29, 0.717) is 11.5 Å². The van der Waals surface area contributed by atoms with E-state index >= 15 is 0 Å². The summed E-state index contributed by atoms with van der Waals surface area (Å²) in [4.78, 5) is 24.2. The molecule has 9 heteroatoms. The zero-order valence-corrected chi connectivity index (χ0v) is 14.5. The number of anilines is 1. The van der Waals surface area contributed by atoms with E-state index < -0.39 is 11.9 Å². The minimum absolute atomic E-state index is 0.257. The van der Waals surface area contributed by atoms with E-state index in [0.717, 1.165) is 5.56 Å². The first-order valence-electron chi connectivity index (χ1n) is 8.13. The molecule has 2 aromatic carbocycles. The van der Waals surface area contributed by atoms with Gasteiger partial charge in [-0.05, 0) is 53.2 Å². The highest BCUT2D eigenvalue weighted by molar-refractivity contribution is 5.97. The third-order valence-corrected chi connectivity index (χ3v) is 4.01. The first-order valence-corrected chi connectivity index (χ1v) is 8.13. The molecule has 0 aliphatic rings. The van der Waals surface area contributed by atoms with Gasteiger partial charge >= 0.3 is 0 Å². The highest BCUT2D eigenvalue weighted by Crippen LogP contribution is 2.19. The van der Waals surface area contributed by atoms with Gasteiger partial charge in [-0.25, -0.2) is 9.07 Å². The Hall–Kier alpha value is -3.62. The third kappa shape index (κ3) is 4.32. The predicted octanol–water partition coefficient (Wildman–Crippen LogP) is 1.64. The molecule has 1 aromatic heterocycles. The summed E-state index contributed by atoms with van der Waals surface area (Å²) >= 11 is 0. The molecule has 0 spiro atoms. The van der Waals surface area contributed by atoms with Crippen LogP contribution in [0, 0.1) is 12.7 Å². The number of primary amides is 1. The van der Waals surface area contributed by atoms with Crippen molar-refractivity contribution in [3.63, 3.8) is 0 Å². The molecule has 0 saturated carbocycles. The number of amides is 2. The van der Waals surface area contributed by atoms with E-state index in [9.17, 15) is 14.0 Å². The molecule has 1 heterocycles. The smallest absolute Gasteiger partial charge is 0.249 e. The van der Waals surface area contributed by atoms with Gasteiger partial charge in [-0.1, -0.05) is 18.2 Å². The molecule has 0 bridgehead atoms. The predicted molar refractivity (Wildman–Crippen MR) is 95.3 cm³/mol. The molecule has 0 saturated heterocycles. The standard InChI is InChI=1S/C18H17FN6O2/c1-11-22-23-24-25(11)16(9-12-5-7-14(19)8-6-12)18(27)21-15-4-2-3-13(10-15)17(20)26/h2-8,10,16H,9H2,1H3,(H2,20,26)(H,21,27). The Morgan fingerprint density at radius 1 is 1.22 bits per heavy atom. The lowest BCUT2D eigenvalue weighted by atomic mass is 10.0. The van der Waals surface area contributed by atoms with Crippen molar-refractivity contribution in [2.45, 2.75) is 19.4 Å². The van der Waals surface area contributed by atoms with Crippen molar-refractivity contribution in [2.24, 2.45) is 5.73 Å². The summed E-state index contributed by atoms with van der Waals surface area (Å²) in [6.45, 7) is 1.68. The molecule has 8 nitrogen and oxygen atoms in total. The zero-order chi connectivity index (χ0) is 19.4. The largest absolute Gasteiger partial charge is 0.366 e. The summed E-state index contributed by atoms with van der Waals surface area (Å²) < 4.78 is 14.6. The van der Waals surface area contributed by atoms with Gasteiger partial charge in [-0.3, -0.25) is 9.59 Å². The van der Waals surface area contributed by atoms with Gasteiger partial charge in [0.1, 0.15) is 17.7 Å². The second-order valence-electron chi connectivity index (χ2n) is 5.95. The average Bonchev–Trinajstić information content (AvgIpc) is 3.07. The molecule has 3 N–H and O–H groups in total. The van der Waals surface area contributed by atoms with E-state index in [1.165, 1.54) is 22.9 Å². The van der Waals surface area contributed by atoms with Crippen LogP contribution >= 0.6 is 0 Å². The molecule has 0 radical (unpaired) electrons. The number of tetrazole rings is 1. The van der Waals surface area contributed by atoms with Gasteiger partial charge < -0.3 is 11.1 Å². The van der Waals surface area contributed by atoms with Crippen LogP contribution in [-0.4, -0.2) is 32.0 Å². The molecular formula is C18H17FN6O2. The molecule has 1 atom stereocenters. The van der Waals surface area contributed by atoms with Gasteiger partial charge in [0.15, 0.2) is 0 Å². The monoisotopic (exact) mass is 368 g/mol. The minimum atomic E-state index is -0.761. The highest BCUT2D eigenvalue weighted by atomic mass is 19.1. The number of aromatic nitrogens is 4. The Morgan fingerprint density at radius 3 is 2.59 bits per heavy atom. The molecule has 3 rings (SSSR count). The van der Waals surface area contributed by atoms with Crippen LogP contribution in [0.4, 0.5) is 10.1 Å². The summed E-state index contributed by atoms with van der Waals surface area (Å²) in [7, 11) is 0. The molecule has 27 heavy (non-hydrogen) atoms. The minimum Gasteiger partial charge on any atom is -0.366 e. The SMILES string of the molecule is Cc1nnnn1C(Cc1ccc(F)cc1)C(=O)Nc1cccc(C(N)=O)c1. The quantitative estimate of drug-likeness (QED) is 0.686. The van der Waals surface area contributed by atoms with Crippen molar-refractivity contribution in [3.8, 4) is 0 Å². The topological polar surface area (TPSA) is 116 Å². The summed E-state index contributed by atoms with van der Waals surface area (Å²) in [6, 6.07) is 11.4. The maximum Gasteiger partial charge on any atom is 0.249 e. The Kier molecular flexibility index (Phi) is 5.20. The molecule has 2 amide bonds. The second kappa shape index (κ2) is 7.73. The fourth-order valence-electron chi connectivity index (χ4n) is 2.64. The number of halogens is 1. The maximum absolute atomic E-state index is 13.2. The third-order valence-electron chi connectivity index (χ3n) is 4.01. The molecule has 0 aliphatic carbocycles. The Balaban J connectivity index is 1.87. The average molecular weight is 368 g/mol. The molecule has 3 aromatic rings. The van der Waals surface area contributed by atoms with Gasteiger partial charge in [-0.2, -0.15) is 0 Å². The number of benzene rings is 2. The number of carbonyl (C=O) groups excluding carboxylic acids is 2. The first-order chi connectivity index (χ1) is 12.9. The summed E-state index contributed by atoms with van der Waals surface area (Å²) in [5, 5.41) is 14.0. The fraction of sp³-hybridized carbons (Fsp3) is 0.167. The summed E-state index contributed by atoms with van der Waals surface area (Å²) in [5.41, 5.74) is 6.72. The molecular weight excluding hydrogens is 351 g/mol. The maximum atomic E-state index is 13.2. The van der Waals surface area contributed by atoms with Gasteiger partial charge in [0.25, 0.3) is 0 Å². The van der Waals surface area contributed by atoms with E-state index in [1.54, 1.807) is 37.3 Å². The van der Waals surface area contributed by atoms with Crippen molar-refractivity contribution in [2.75, 3.05) is 5.32 Å². The van der Waals surface area contributed by atoms with Crippen LogP contribution in [0.15, 0.2) is 48.5 Å². The van der Waals surface area contributed by atoms with Crippen LogP contribution in [0.5, 0.6) is 0 Å². The molecule has 0 aliphatic heterocycles. The van der Waals surface area contributed by atoms with E-state index in [2.05, 4.69) is 20.8 Å². The number of nitrogens with two attached hydrogens (primary N) is 1. The van der Waals surface area contributed by atoms with E-state index in [-0.39, 0.29) is 23.7 Å². The van der Waals surface area contributed by atoms with Crippen LogP contribution in [0.3, 0.4) is 0 Å².